The Kier molecular flexibility index (Phi) is 4.43. The van der Waals surface area contributed by atoms with Gasteiger partial charge >= 0.3 is 0 Å². The van der Waals surface area contributed by atoms with Crippen LogP contribution in [0.4, 0.5) is 0 Å². The van der Waals surface area contributed by atoms with Gasteiger partial charge in [-0.2, -0.15) is 0 Å². The van der Waals surface area contributed by atoms with E-state index in [9.17, 15) is 5.11 Å². The standard InChI is InChI=1S/C14H20ClNO/c1-10(11-5-7-13(15)8-6-11)16-14-4-2-3-12(14)9-17/h5-8,10,12,14,16-17H,2-4,9H2,1H3. The Balaban J connectivity index is 1.96. The maximum atomic E-state index is 9.30. The van der Waals surface area contributed by atoms with Crippen molar-refractivity contribution in [1.29, 1.82) is 0 Å². The highest BCUT2D eigenvalue weighted by Gasteiger charge is 2.27. The first kappa shape index (κ1) is 12.9. The summed E-state index contributed by atoms with van der Waals surface area (Å²) in [5, 5.41) is 13.7. The predicted molar refractivity (Wildman–Crippen MR) is 71.2 cm³/mol. The smallest absolute Gasteiger partial charge is 0.0474 e. The van der Waals surface area contributed by atoms with Gasteiger partial charge in [0.1, 0.15) is 0 Å². The van der Waals surface area contributed by atoms with Gasteiger partial charge in [-0.15, -0.1) is 0 Å². The molecule has 0 aliphatic heterocycles. The zero-order valence-electron chi connectivity index (χ0n) is 10.2. The van der Waals surface area contributed by atoms with Gasteiger partial charge in [-0.05, 0) is 43.4 Å². The van der Waals surface area contributed by atoms with Crippen LogP contribution in [0.5, 0.6) is 0 Å². The number of hydrogen-bond donors (Lipinski definition) is 2. The second kappa shape index (κ2) is 5.85. The molecule has 1 fully saturated rings. The maximum Gasteiger partial charge on any atom is 0.0474 e. The molecule has 3 atom stereocenters. The minimum absolute atomic E-state index is 0.297. The predicted octanol–water partition coefficient (Wildman–Crippen LogP) is 3.15. The van der Waals surface area contributed by atoms with Crippen molar-refractivity contribution in [1.82, 2.24) is 5.32 Å². The topological polar surface area (TPSA) is 32.3 Å². The number of halogens is 1. The van der Waals surface area contributed by atoms with Crippen molar-refractivity contribution in [3.8, 4) is 0 Å². The van der Waals surface area contributed by atoms with Crippen molar-refractivity contribution < 1.29 is 5.11 Å². The summed E-state index contributed by atoms with van der Waals surface area (Å²) >= 11 is 5.88. The van der Waals surface area contributed by atoms with Crippen molar-refractivity contribution in [2.75, 3.05) is 6.61 Å². The van der Waals surface area contributed by atoms with E-state index >= 15 is 0 Å². The van der Waals surface area contributed by atoms with Gasteiger partial charge < -0.3 is 10.4 Å². The van der Waals surface area contributed by atoms with Crippen molar-refractivity contribution in [2.24, 2.45) is 5.92 Å². The van der Waals surface area contributed by atoms with Crippen LogP contribution >= 0.6 is 11.6 Å². The third-order valence-electron chi connectivity index (χ3n) is 3.73. The largest absolute Gasteiger partial charge is 0.396 e. The fourth-order valence-electron chi connectivity index (χ4n) is 2.64. The molecule has 3 heteroatoms. The molecule has 0 saturated heterocycles. The molecule has 0 spiro atoms. The van der Waals surface area contributed by atoms with Crippen molar-refractivity contribution in [3.63, 3.8) is 0 Å². The lowest BCUT2D eigenvalue weighted by atomic mass is 10.0. The van der Waals surface area contributed by atoms with E-state index in [0.717, 1.165) is 11.4 Å². The number of nitrogens with one attached hydrogen (secondary N) is 1. The number of rotatable bonds is 4. The van der Waals surface area contributed by atoms with Gasteiger partial charge in [0.25, 0.3) is 0 Å². The third kappa shape index (κ3) is 3.21. The van der Waals surface area contributed by atoms with E-state index in [-0.39, 0.29) is 0 Å². The molecule has 0 bridgehead atoms. The Hall–Kier alpha value is -0.570. The number of aliphatic hydroxyl groups excluding tert-OH is 1. The van der Waals surface area contributed by atoms with Gasteiger partial charge in [0.15, 0.2) is 0 Å². The molecule has 1 saturated carbocycles. The number of aliphatic hydroxyl groups is 1. The summed E-state index contributed by atoms with van der Waals surface area (Å²) in [6.07, 6.45) is 3.53. The van der Waals surface area contributed by atoms with Crippen LogP contribution < -0.4 is 5.32 Å². The zero-order chi connectivity index (χ0) is 12.3. The minimum atomic E-state index is 0.297. The van der Waals surface area contributed by atoms with E-state index in [1.165, 1.54) is 18.4 Å². The van der Waals surface area contributed by atoms with Gasteiger partial charge in [0.05, 0.1) is 0 Å². The zero-order valence-corrected chi connectivity index (χ0v) is 11.0. The van der Waals surface area contributed by atoms with Gasteiger partial charge in [0, 0.05) is 23.7 Å². The molecule has 0 radical (unpaired) electrons. The Morgan fingerprint density at radius 1 is 1.35 bits per heavy atom. The Bertz CT molecular complexity index is 352. The fourth-order valence-corrected chi connectivity index (χ4v) is 2.77. The normalized spacial score (nSPS) is 26.1. The van der Waals surface area contributed by atoms with E-state index in [2.05, 4.69) is 24.4 Å². The van der Waals surface area contributed by atoms with Crippen molar-refractivity contribution in [2.45, 2.75) is 38.3 Å². The van der Waals surface area contributed by atoms with Gasteiger partial charge in [-0.25, -0.2) is 0 Å². The van der Waals surface area contributed by atoms with Gasteiger partial charge in [0.2, 0.25) is 0 Å². The molecular weight excluding hydrogens is 234 g/mol. The second-order valence-electron chi connectivity index (χ2n) is 4.92. The highest BCUT2D eigenvalue weighted by atomic mass is 35.5. The summed E-state index contributed by atoms with van der Waals surface area (Å²) in [5.74, 6) is 0.421. The lowest BCUT2D eigenvalue weighted by molar-refractivity contribution is 0.200. The highest BCUT2D eigenvalue weighted by molar-refractivity contribution is 6.30. The SMILES string of the molecule is CC(NC1CCCC1CO)c1ccc(Cl)cc1. The van der Waals surface area contributed by atoms with E-state index < -0.39 is 0 Å². The van der Waals surface area contributed by atoms with Crippen LogP contribution in [0.15, 0.2) is 24.3 Å². The Labute approximate surface area is 108 Å². The average Bonchev–Trinajstić information content (AvgIpc) is 2.77. The van der Waals surface area contributed by atoms with Crippen LogP contribution in [0.25, 0.3) is 0 Å². The summed E-state index contributed by atoms with van der Waals surface area (Å²) in [6, 6.07) is 8.72. The average molecular weight is 254 g/mol. The Morgan fingerprint density at radius 3 is 2.71 bits per heavy atom. The molecule has 2 N–H and O–H groups in total. The maximum absolute atomic E-state index is 9.30. The monoisotopic (exact) mass is 253 g/mol. The van der Waals surface area contributed by atoms with Crippen molar-refractivity contribution in [3.05, 3.63) is 34.9 Å². The van der Waals surface area contributed by atoms with Gasteiger partial charge in [-0.1, -0.05) is 30.2 Å². The van der Waals surface area contributed by atoms with Crippen LogP contribution in [0.1, 0.15) is 37.8 Å². The van der Waals surface area contributed by atoms with E-state index in [1.54, 1.807) is 0 Å². The van der Waals surface area contributed by atoms with Crippen LogP contribution in [0.2, 0.25) is 5.02 Å². The Morgan fingerprint density at radius 2 is 2.06 bits per heavy atom. The lowest BCUT2D eigenvalue weighted by Gasteiger charge is -2.24. The first-order valence-corrected chi connectivity index (χ1v) is 6.71. The molecule has 0 heterocycles. The van der Waals surface area contributed by atoms with Gasteiger partial charge in [-0.3, -0.25) is 0 Å². The quantitative estimate of drug-likeness (QED) is 0.864. The molecule has 0 amide bonds. The second-order valence-corrected chi connectivity index (χ2v) is 5.36. The van der Waals surface area contributed by atoms with E-state index in [1.807, 2.05) is 12.1 Å². The molecule has 1 aromatic rings. The van der Waals surface area contributed by atoms with E-state index in [0.29, 0.717) is 24.6 Å². The summed E-state index contributed by atoms with van der Waals surface area (Å²) in [4.78, 5) is 0. The highest BCUT2D eigenvalue weighted by Crippen LogP contribution is 2.27. The molecule has 2 nitrogen and oxygen atoms in total. The van der Waals surface area contributed by atoms with E-state index in [4.69, 9.17) is 11.6 Å². The molecule has 3 unspecified atom stereocenters. The first-order chi connectivity index (χ1) is 8.20. The molecule has 1 aromatic carbocycles. The molecule has 17 heavy (non-hydrogen) atoms. The summed E-state index contributed by atoms with van der Waals surface area (Å²) in [7, 11) is 0. The molecule has 0 aromatic heterocycles. The summed E-state index contributed by atoms with van der Waals surface area (Å²) in [5.41, 5.74) is 1.25. The van der Waals surface area contributed by atoms with Crippen molar-refractivity contribution >= 4 is 11.6 Å². The number of benzene rings is 1. The van der Waals surface area contributed by atoms with Crippen LogP contribution in [0, 0.1) is 5.92 Å². The minimum Gasteiger partial charge on any atom is -0.396 e. The number of hydrogen-bond acceptors (Lipinski definition) is 2. The molecular formula is C14H20ClNO. The molecule has 1 aliphatic carbocycles. The fraction of sp³-hybridized carbons (Fsp3) is 0.571. The summed E-state index contributed by atoms with van der Waals surface area (Å²) < 4.78 is 0. The molecule has 1 aliphatic rings. The first-order valence-electron chi connectivity index (χ1n) is 6.33. The molecule has 2 rings (SSSR count). The van der Waals surface area contributed by atoms with Crippen LogP contribution in [-0.2, 0) is 0 Å². The van der Waals surface area contributed by atoms with Crippen LogP contribution in [0.3, 0.4) is 0 Å². The lowest BCUT2D eigenvalue weighted by Crippen LogP contribution is -2.35. The molecule has 94 valence electrons. The van der Waals surface area contributed by atoms with Crippen LogP contribution in [-0.4, -0.2) is 17.8 Å². The third-order valence-corrected chi connectivity index (χ3v) is 3.98. The summed E-state index contributed by atoms with van der Waals surface area (Å²) in [6.45, 7) is 2.46.